The minimum atomic E-state index is 0.483. The maximum atomic E-state index is 5.85. The Balaban J connectivity index is 1.80. The van der Waals surface area contributed by atoms with Crippen molar-refractivity contribution in [3.63, 3.8) is 0 Å². The van der Waals surface area contributed by atoms with Crippen molar-refractivity contribution in [3.8, 4) is 0 Å². The van der Waals surface area contributed by atoms with Gasteiger partial charge >= 0.3 is 0 Å². The van der Waals surface area contributed by atoms with Crippen molar-refractivity contribution in [3.05, 3.63) is 58.0 Å². The van der Waals surface area contributed by atoms with Gasteiger partial charge in [-0.15, -0.1) is 0 Å². The monoisotopic (exact) mass is 307 g/mol. The molecular weight excluding hydrogens is 286 g/mol. The van der Waals surface area contributed by atoms with Crippen molar-refractivity contribution in [2.24, 2.45) is 0 Å². The Bertz CT molecular complexity index is 548. The number of nitrogens with one attached hydrogen (secondary N) is 1. The smallest absolute Gasteiger partial charge is 0.130 e. The summed E-state index contributed by atoms with van der Waals surface area (Å²) in [6.45, 7) is 7.06. The van der Waals surface area contributed by atoms with E-state index in [0.717, 1.165) is 41.6 Å². The summed E-state index contributed by atoms with van der Waals surface area (Å²) in [6.07, 6.45) is 1.13. The molecule has 3 nitrogen and oxygen atoms in total. The predicted molar refractivity (Wildman–Crippen MR) is 85.4 cm³/mol. The van der Waals surface area contributed by atoms with Crippen LogP contribution < -0.4 is 5.32 Å². The lowest BCUT2D eigenvalue weighted by atomic mass is 10.2. The third-order valence-electron chi connectivity index (χ3n) is 3.24. The van der Waals surface area contributed by atoms with Crippen LogP contribution in [0.25, 0.3) is 0 Å². The Labute approximate surface area is 131 Å². The van der Waals surface area contributed by atoms with E-state index in [4.69, 9.17) is 20.8 Å². The first kappa shape index (κ1) is 16.1. The average Bonchev–Trinajstić information content (AvgIpc) is 2.82. The molecule has 1 N–H and O–H groups in total. The molecule has 0 aliphatic rings. The molecule has 0 saturated heterocycles. The van der Waals surface area contributed by atoms with Gasteiger partial charge in [-0.25, -0.2) is 0 Å². The van der Waals surface area contributed by atoms with Gasteiger partial charge in [-0.1, -0.05) is 30.7 Å². The summed E-state index contributed by atoms with van der Waals surface area (Å²) in [7, 11) is 0. The van der Waals surface area contributed by atoms with Crippen molar-refractivity contribution in [1.82, 2.24) is 5.32 Å². The van der Waals surface area contributed by atoms with Crippen LogP contribution in [-0.4, -0.2) is 6.54 Å². The zero-order valence-electron chi connectivity index (χ0n) is 12.6. The maximum absolute atomic E-state index is 5.85. The molecule has 2 aromatic rings. The van der Waals surface area contributed by atoms with E-state index in [1.54, 1.807) is 0 Å². The zero-order chi connectivity index (χ0) is 15.1. The van der Waals surface area contributed by atoms with Crippen LogP contribution >= 0.6 is 11.6 Å². The lowest BCUT2D eigenvalue weighted by molar-refractivity contribution is 0.0923. The number of benzene rings is 1. The molecular formula is C17H22ClNO2. The Hall–Kier alpha value is -1.29. The molecule has 1 heterocycles. The fourth-order valence-electron chi connectivity index (χ4n) is 2.08. The van der Waals surface area contributed by atoms with E-state index >= 15 is 0 Å². The molecule has 1 aromatic heterocycles. The minimum absolute atomic E-state index is 0.483. The first-order valence-electron chi connectivity index (χ1n) is 7.30. The Morgan fingerprint density at radius 2 is 1.95 bits per heavy atom. The lowest BCUT2D eigenvalue weighted by Crippen LogP contribution is -2.13. The number of rotatable bonds is 8. The molecule has 0 aliphatic heterocycles. The van der Waals surface area contributed by atoms with Crippen LogP contribution in [0.4, 0.5) is 0 Å². The van der Waals surface area contributed by atoms with Gasteiger partial charge in [0.15, 0.2) is 0 Å². The van der Waals surface area contributed by atoms with E-state index in [-0.39, 0.29) is 0 Å². The molecule has 114 valence electrons. The topological polar surface area (TPSA) is 34.4 Å². The van der Waals surface area contributed by atoms with Crippen molar-refractivity contribution in [1.29, 1.82) is 0 Å². The highest BCUT2D eigenvalue weighted by atomic mass is 35.5. The number of hydrogen-bond donors (Lipinski definition) is 1. The molecule has 0 amide bonds. The highest BCUT2D eigenvalue weighted by Gasteiger charge is 2.07. The Morgan fingerprint density at radius 3 is 2.67 bits per heavy atom. The second kappa shape index (κ2) is 8.23. The molecule has 0 aliphatic carbocycles. The van der Waals surface area contributed by atoms with Crippen LogP contribution in [0, 0.1) is 6.92 Å². The largest absolute Gasteiger partial charge is 0.464 e. The van der Waals surface area contributed by atoms with Crippen LogP contribution in [0.5, 0.6) is 0 Å². The van der Waals surface area contributed by atoms with E-state index in [2.05, 4.69) is 18.3 Å². The van der Waals surface area contributed by atoms with Gasteiger partial charge in [-0.2, -0.15) is 0 Å². The number of furan rings is 1. The van der Waals surface area contributed by atoms with E-state index < -0.39 is 0 Å². The van der Waals surface area contributed by atoms with Gasteiger partial charge in [-0.05, 0) is 43.7 Å². The molecule has 0 radical (unpaired) electrons. The molecule has 0 saturated carbocycles. The second-order valence-corrected chi connectivity index (χ2v) is 5.53. The number of hydrogen-bond acceptors (Lipinski definition) is 3. The standard InChI is InChI=1S/C17H22ClNO2/c1-3-8-19-10-15-9-17(21-13(15)2)12-20-11-14-4-6-16(18)7-5-14/h4-7,9,19H,3,8,10-12H2,1-2H3. The van der Waals surface area contributed by atoms with Gasteiger partial charge in [0.25, 0.3) is 0 Å². The quantitative estimate of drug-likeness (QED) is 0.731. The summed E-state index contributed by atoms with van der Waals surface area (Å²) in [6, 6.07) is 9.75. The lowest BCUT2D eigenvalue weighted by Gasteiger charge is -2.02. The van der Waals surface area contributed by atoms with Crippen LogP contribution in [-0.2, 0) is 24.5 Å². The van der Waals surface area contributed by atoms with Gasteiger partial charge in [-0.3, -0.25) is 0 Å². The van der Waals surface area contributed by atoms with E-state index in [1.807, 2.05) is 31.2 Å². The fraction of sp³-hybridized carbons (Fsp3) is 0.412. The van der Waals surface area contributed by atoms with Crippen molar-refractivity contribution < 1.29 is 9.15 Å². The summed E-state index contributed by atoms with van der Waals surface area (Å²) in [5.41, 5.74) is 2.31. The summed E-state index contributed by atoms with van der Waals surface area (Å²) in [5, 5.41) is 4.12. The summed E-state index contributed by atoms with van der Waals surface area (Å²) in [5.74, 6) is 1.83. The third kappa shape index (κ3) is 5.20. The first-order chi connectivity index (χ1) is 10.2. The molecule has 0 bridgehead atoms. The van der Waals surface area contributed by atoms with Crippen molar-refractivity contribution >= 4 is 11.6 Å². The van der Waals surface area contributed by atoms with Gasteiger partial charge in [0.05, 0.1) is 6.61 Å². The van der Waals surface area contributed by atoms with Crippen LogP contribution in [0.1, 0.15) is 36.0 Å². The highest BCUT2D eigenvalue weighted by Crippen LogP contribution is 2.16. The number of halogens is 1. The predicted octanol–water partition coefficient (Wildman–Crippen LogP) is 4.46. The van der Waals surface area contributed by atoms with Gasteiger partial charge in [0.1, 0.15) is 18.1 Å². The zero-order valence-corrected chi connectivity index (χ0v) is 13.4. The Morgan fingerprint density at radius 1 is 1.19 bits per heavy atom. The molecule has 2 rings (SSSR count). The van der Waals surface area contributed by atoms with E-state index in [0.29, 0.717) is 13.2 Å². The van der Waals surface area contributed by atoms with Crippen molar-refractivity contribution in [2.75, 3.05) is 6.54 Å². The maximum Gasteiger partial charge on any atom is 0.130 e. The molecule has 4 heteroatoms. The fourth-order valence-corrected chi connectivity index (χ4v) is 2.21. The van der Waals surface area contributed by atoms with Gasteiger partial charge in [0, 0.05) is 17.1 Å². The van der Waals surface area contributed by atoms with Crippen LogP contribution in [0.2, 0.25) is 5.02 Å². The highest BCUT2D eigenvalue weighted by molar-refractivity contribution is 6.30. The first-order valence-corrected chi connectivity index (χ1v) is 7.68. The Kier molecular flexibility index (Phi) is 6.30. The normalized spacial score (nSPS) is 11.0. The van der Waals surface area contributed by atoms with Gasteiger partial charge < -0.3 is 14.5 Å². The molecule has 1 aromatic carbocycles. The molecule has 0 unspecified atom stereocenters. The minimum Gasteiger partial charge on any atom is -0.464 e. The van der Waals surface area contributed by atoms with E-state index in [9.17, 15) is 0 Å². The molecule has 21 heavy (non-hydrogen) atoms. The van der Waals surface area contributed by atoms with Crippen molar-refractivity contribution in [2.45, 2.75) is 40.0 Å². The number of aryl methyl sites for hydroxylation is 1. The molecule has 0 spiro atoms. The SMILES string of the molecule is CCCNCc1cc(COCc2ccc(Cl)cc2)oc1C. The average molecular weight is 308 g/mol. The third-order valence-corrected chi connectivity index (χ3v) is 3.49. The van der Waals surface area contributed by atoms with Gasteiger partial charge in [0.2, 0.25) is 0 Å². The summed E-state index contributed by atoms with van der Waals surface area (Å²) < 4.78 is 11.4. The summed E-state index contributed by atoms with van der Waals surface area (Å²) >= 11 is 5.85. The molecule has 0 fully saturated rings. The second-order valence-electron chi connectivity index (χ2n) is 5.09. The molecule has 0 atom stereocenters. The van der Waals surface area contributed by atoms with Crippen LogP contribution in [0.15, 0.2) is 34.7 Å². The van der Waals surface area contributed by atoms with Crippen LogP contribution in [0.3, 0.4) is 0 Å². The summed E-state index contributed by atoms with van der Waals surface area (Å²) in [4.78, 5) is 0. The van der Waals surface area contributed by atoms with E-state index in [1.165, 1.54) is 5.56 Å². The number of ether oxygens (including phenoxy) is 1.